The topological polar surface area (TPSA) is 172 Å². The van der Waals surface area contributed by atoms with E-state index >= 15 is 0 Å². The molecule has 0 bridgehead atoms. The van der Waals surface area contributed by atoms with Crippen molar-refractivity contribution in [3.05, 3.63) is 0 Å². The van der Waals surface area contributed by atoms with Crippen molar-refractivity contribution in [1.82, 2.24) is 0 Å². The van der Waals surface area contributed by atoms with E-state index in [9.17, 15) is 0 Å². The van der Waals surface area contributed by atoms with Crippen molar-refractivity contribution in [3.8, 4) is 0 Å². The Morgan fingerprint density at radius 3 is 0.318 bits per heavy atom. The van der Waals surface area contributed by atoms with Crippen molar-refractivity contribution in [3.63, 3.8) is 0 Å². The van der Waals surface area contributed by atoms with Crippen LogP contribution in [0.5, 0.6) is 0 Å². The summed E-state index contributed by atoms with van der Waals surface area (Å²) in [6.45, 7) is 0. The molecule has 22 heteroatoms. The van der Waals surface area contributed by atoms with Gasteiger partial charge in [-0.25, -0.2) is 0 Å². The molecule has 64 valence electrons. The first kappa shape index (κ1) is 90.5. The molecule has 0 aromatic rings. The van der Waals surface area contributed by atoms with E-state index in [1.165, 1.54) is 0 Å². The maximum Gasteiger partial charge on any atom is 2.00 e. The molecule has 0 rings (SSSR count). The molecule has 0 saturated carbocycles. The van der Waals surface area contributed by atoms with Gasteiger partial charge < -0.3 is 38.5 Å². The first-order valence-corrected chi connectivity index (χ1v) is 4.38. The third-order valence-corrected chi connectivity index (χ3v) is 0. The van der Waals surface area contributed by atoms with Crippen molar-refractivity contribution in [1.29, 1.82) is 0 Å². The molecule has 0 aromatic carbocycles. The van der Waals surface area contributed by atoms with Crippen LogP contribution in [0.1, 0.15) is 0 Å². The molecular weight excluding hydrogens is 671 g/mol. The fourth-order valence-corrected chi connectivity index (χ4v) is 0. The summed E-state index contributed by atoms with van der Waals surface area (Å²) < 4.78 is 17.1. The summed E-state index contributed by atoms with van der Waals surface area (Å²) in [5.41, 5.74) is 0. The van der Waals surface area contributed by atoms with E-state index in [4.69, 9.17) is 38.5 Å². The Balaban J connectivity index is -0.00000000314. The van der Waals surface area contributed by atoms with Gasteiger partial charge >= 0.3 is 453 Å². The Bertz CT molecular complexity index is 141. The van der Waals surface area contributed by atoms with Crippen LogP contribution in [0.4, 0.5) is 0 Å². The fourth-order valence-electron chi connectivity index (χ4n) is 0. The van der Waals surface area contributed by atoms with E-state index in [1.54, 1.807) is 0 Å². The SMILES string of the molecule is O=P([O-])([O-])[O-].O=P([O-])([O-])[O-].[Ca+2].[Ca+2].[Ca+2].[Ca+2].[Ca+2].[Ca+2].[Ca+2].[Ca+2].[Ca+2].[Ca+2].[Ca+2].[Ca+2]. The molecule has 0 aromatic heterocycles. The number of rotatable bonds is 0. The molecule has 0 aliphatic heterocycles. The van der Waals surface area contributed by atoms with E-state index < -0.39 is 15.6 Å². The third kappa shape index (κ3) is 177. The average Bonchev–Trinajstić information content (AvgIpc) is 1.12. The van der Waals surface area contributed by atoms with Crippen molar-refractivity contribution in [2.24, 2.45) is 0 Å². The van der Waals surface area contributed by atoms with E-state index in [2.05, 4.69) is 0 Å². The maximum absolute atomic E-state index is 8.55. The molecule has 0 aliphatic carbocycles. The molecule has 8 nitrogen and oxygen atoms in total. The second-order valence-electron chi connectivity index (χ2n) is 0.894. The summed E-state index contributed by atoms with van der Waals surface area (Å²) in [6, 6.07) is 0. The minimum Gasteiger partial charge on any atom is -0.822 e. The predicted octanol–water partition coefficient (Wildman–Crippen LogP) is -10.2. The van der Waals surface area contributed by atoms with Crippen molar-refractivity contribution >= 4 is 469 Å². The quantitative estimate of drug-likeness (QED) is 0.181. The van der Waals surface area contributed by atoms with Gasteiger partial charge in [-0.1, -0.05) is 0 Å². The Labute approximate surface area is 489 Å². The first-order valence-electron chi connectivity index (χ1n) is 1.46. The van der Waals surface area contributed by atoms with Crippen molar-refractivity contribution < 1.29 is 38.5 Å². The normalized spacial score (nSPS) is 5.36. The standard InChI is InChI=1S/12Ca.2H3O4P/c;;;;;;;;;;;;2*1-5(2,3)4/h;;;;;;;;;;;;2*(H3,1,2,3,4)/q12*+2;;/p-6. The van der Waals surface area contributed by atoms with Crippen LogP contribution in [0.15, 0.2) is 0 Å². The second-order valence-corrected chi connectivity index (χ2v) is 2.68. The van der Waals surface area contributed by atoms with Gasteiger partial charge in [-0.15, -0.1) is 0 Å². The van der Waals surface area contributed by atoms with Crippen LogP contribution in [0.25, 0.3) is 0 Å². The average molecular weight is 671 g/mol. The number of hydrogen-bond acceptors (Lipinski definition) is 8. The molecule has 0 radical (unpaired) electrons. The van der Waals surface area contributed by atoms with Crippen LogP contribution in [0, 0.1) is 0 Å². The van der Waals surface area contributed by atoms with Crippen LogP contribution < -0.4 is 29.4 Å². The molecule has 0 unspecified atom stereocenters. The van der Waals surface area contributed by atoms with Crippen molar-refractivity contribution in [2.75, 3.05) is 0 Å². The third-order valence-electron chi connectivity index (χ3n) is 0. The monoisotopic (exact) mass is 669 g/mol. The fraction of sp³-hybridized carbons (Fsp3) is 0. The zero-order chi connectivity index (χ0) is 9.00. The zero-order valence-corrected chi connectivity index (χ0v) is 40.9. The predicted molar refractivity (Wildman–Crippen MR) is 84.3 cm³/mol. The van der Waals surface area contributed by atoms with Gasteiger partial charge in [-0.3, -0.25) is 0 Å². The summed E-state index contributed by atoms with van der Waals surface area (Å²) in [4.78, 5) is 51.3. The van der Waals surface area contributed by atoms with E-state index in [-0.39, 0.29) is 453 Å². The zero-order valence-electron chi connectivity index (χ0n) is 12.6. The van der Waals surface area contributed by atoms with E-state index in [1.807, 2.05) is 0 Å². The maximum atomic E-state index is 8.55. The first-order chi connectivity index (χ1) is 4.00. The summed E-state index contributed by atoms with van der Waals surface area (Å²) in [5, 5.41) is 0. The van der Waals surface area contributed by atoms with Crippen LogP contribution in [-0.4, -0.2) is 453 Å². The smallest absolute Gasteiger partial charge is 0.822 e. The van der Waals surface area contributed by atoms with Crippen LogP contribution >= 0.6 is 15.6 Å². The van der Waals surface area contributed by atoms with Crippen molar-refractivity contribution in [2.45, 2.75) is 0 Å². The molecule has 0 aliphatic rings. The number of hydrogen-bond donors (Lipinski definition) is 0. The molecule has 22 heavy (non-hydrogen) atoms. The van der Waals surface area contributed by atoms with E-state index in [0.717, 1.165) is 0 Å². The van der Waals surface area contributed by atoms with Gasteiger partial charge in [0.15, 0.2) is 0 Å². The van der Waals surface area contributed by atoms with Gasteiger partial charge in [0, 0.05) is 0 Å². The van der Waals surface area contributed by atoms with Gasteiger partial charge in [0.05, 0.1) is 0 Å². The van der Waals surface area contributed by atoms with Crippen LogP contribution in [0.2, 0.25) is 0 Å². The van der Waals surface area contributed by atoms with Gasteiger partial charge in [-0.2, -0.15) is 15.6 Å². The molecular formula is Ca12O8P2+18. The molecule has 0 atom stereocenters. The molecule has 0 N–H and O–H groups in total. The minimum absolute atomic E-state index is 0. The van der Waals surface area contributed by atoms with Crippen LogP contribution in [-0.2, 0) is 9.13 Å². The Morgan fingerprint density at radius 2 is 0.318 bits per heavy atom. The molecule has 0 spiro atoms. The van der Waals surface area contributed by atoms with Crippen LogP contribution in [0.3, 0.4) is 0 Å². The largest absolute Gasteiger partial charge is 2.00 e. The number of phosphoric acid groups is 2. The summed E-state index contributed by atoms with van der Waals surface area (Å²) in [5.74, 6) is 0. The molecule has 0 amide bonds. The summed E-state index contributed by atoms with van der Waals surface area (Å²) in [6.07, 6.45) is 0. The second kappa shape index (κ2) is 60.7. The minimum atomic E-state index is -5.39. The molecule has 0 fully saturated rings. The molecule has 0 saturated heterocycles. The molecule has 0 heterocycles. The Kier molecular flexibility index (Phi) is 250. The van der Waals surface area contributed by atoms with Gasteiger partial charge in [0.1, 0.15) is 0 Å². The Hall–Kier alpha value is 15.3. The summed E-state index contributed by atoms with van der Waals surface area (Å²) in [7, 11) is -10.8. The Morgan fingerprint density at radius 1 is 0.318 bits per heavy atom. The summed E-state index contributed by atoms with van der Waals surface area (Å²) >= 11 is 0. The van der Waals surface area contributed by atoms with Gasteiger partial charge in [-0.05, 0) is 0 Å². The van der Waals surface area contributed by atoms with Gasteiger partial charge in [0.25, 0.3) is 0 Å². The van der Waals surface area contributed by atoms with Gasteiger partial charge in [0.2, 0.25) is 0 Å². The van der Waals surface area contributed by atoms with E-state index in [0.29, 0.717) is 0 Å².